The van der Waals surface area contributed by atoms with Gasteiger partial charge in [-0.05, 0) is 31.6 Å². The second-order valence-corrected chi connectivity index (χ2v) is 6.24. The number of hydrogen-bond donors (Lipinski definition) is 1. The molecule has 0 spiro atoms. The van der Waals surface area contributed by atoms with Crippen LogP contribution in [0.5, 0.6) is 0 Å². The van der Waals surface area contributed by atoms with Crippen LogP contribution >= 0.6 is 0 Å². The zero-order valence-electron chi connectivity index (χ0n) is 13.3. The predicted octanol–water partition coefficient (Wildman–Crippen LogP) is 2.41. The van der Waals surface area contributed by atoms with Gasteiger partial charge in [0.25, 0.3) is 5.91 Å². The number of aryl methyl sites for hydroxylation is 2. The van der Waals surface area contributed by atoms with Crippen molar-refractivity contribution in [1.29, 1.82) is 0 Å². The standard InChI is InChI=1S/C16H22N4O2/c1-10(2)13(15-17-8-9-20(15)3)18-16(21)14-11-6-4-5-7-12(11)19-22-14/h8-10,13H,4-7H2,1-3H3,(H,18,21). The topological polar surface area (TPSA) is 73.0 Å². The number of nitrogens with one attached hydrogen (secondary N) is 1. The number of rotatable bonds is 4. The van der Waals surface area contributed by atoms with E-state index in [1.165, 1.54) is 0 Å². The van der Waals surface area contributed by atoms with Gasteiger partial charge < -0.3 is 14.4 Å². The lowest BCUT2D eigenvalue weighted by Gasteiger charge is -2.21. The fourth-order valence-corrected chi connectivity index (χ4v) is 2.98. The highest BCUT2D eigenvalue weighted by molar-refractivity contribution is 5.93. The van der Waals surface area contributed by atoms with Crippen molar-refractivity contribution in [2.24, 2.45) is 13.0 Å². The number of carbonyl (C=O) groups excluding carboxylic acids is 1. The van der Waals surface area contributed by atoms with Gasteiger partial charge in [-0.1, -0.05) is 19.0 Å². The van der Waals surface area contributed by atoms with Gasteiger partial charge in [-0.2, -0.15) is 0 Å². The molecular weight excluding hydrogens is 280 g/mol. The molecule has 1 N–H and O–H groups in total. The minimum atomic E-state index is -0.197. The molecule has 22 heavy (non-hydrogen) atoms. The van der Waals surface area contributed by atoms with E-state index in [1.807, 2.05) is 17.8 Å². The van der Waals surface area contributed by atoms with Crippen LogP contribution in [0, 0.1) is 5.92 Å². The van der Waals surface area contributed by atoms with Crippen molar-refractivity contribution in [3.05, 3.63) is 35.2 Å². The molecule has 0 fully saturated rings. The van der Waals surface area contributed by atoms with E-state index in [9.17, 15) is 4.79 Å². The van der Waals surface area contributed by atoms with E-state index >= 15 is 0 Å². The average Bonchev–Trinajstić information content (AvgIpc) is 3.10. The highest BCUT2D eigenvalue weighted by atomic mass is 16.5. The van der Waals surface area contributed by atoms with E-state index < -0.39 is 0 Å². The second kappa shape index (κ2) is 5.94. The summed E-state index contributed by atoms with van der Waals surface area (Å²) < 4.78 is 7.25. The van der Waals surface area contributed by atoms with Crippen LogP contribution in [-0.4, -0.2) is 20.6 Å². The summed E-state index contributed by atoms with van der Waals surface area (Å²) in [6, 6.07) is -0.156. The summed E-state index contributed by atoms with van der Waals surface area (Å²) in [6.45, 7) is 4.13. The number of aromatic nitrogens is 3. The lowest BCUT2D eigenvalue weighted by molar-refractivity contribution is 0.0883. The van der Waals surface area contributed by atoms with Gasteiger partial charge in [-0.25, -0.2) is 4.98 Å². The first kappa shape index (κ1) is 14.8. The quantitative estimate of drug-likeness (QED) is 0.941. The zero-order valence-corrected chi connectivity index (χ0v) is 13.3. The van der Waals surface area contributed by atoms with Gasteiger partial charge in [0.15, 0.2) is 0 Å². The molecular formula is C16H22N4O2. The Morgan fingerprint density at radius 1 is 1.36 bits per heavy atom. The second-order valence-electron chi connectivity index (χ2n) is 6.24. The van der Waals surface area contributed by atoms with Crippen molar-refractivity contribution in [3.63, 3.8) is 0 Å². The molecule has 3 rings (SSSR count). The average molecular weight is 302 g/mol. The van der Waals surface area contributed by atoms with E-state index in [0.717, 1.165) is 42.8 Å². The van der Waals surface area contributed by atoms with Crippen LogP contribution in [0.15, 0.2) is 16.9 Å². The Morgan fingerprint density at radius 2 is 2.14 bits per heavy atom. The molecule has 118 valence electrons. The van der Waals surface area contributed by atoms with E-state index in [-0.39, 0.29) is 17.9 Å². The normalized spacial score (nSPS) is 15.6. The third-order valence-corrected chi connectivity index (χ3v) is 4.26. The third kappa shape index (κ3) is 2.65. The fraction of sp³-hybridized carbons (Fsp3) is 0.562. The molecule has 6 nitrogen and oxygen atoms in total. The molecule has 6 heteroatoms. The number of carbonyl (C=O) groups is 1. The van der Waals surface area contributed by atoms with Crippen LogP contribution in [0.1, 0.15) is 60.4 Å². The minimum absolute atomic E-state index is 0.156. The van der Waals surface area contributed by atoms with Crippen molar-refractivity contribution >= 4 is 5.91 Å². The van der Waals surface area contributed by atoms with Crippen molar-refractivity contribution in [3.8, 4) is 0 Å². The van der Waals surface area contributed by atoms with Gasteiger partial charge in [0, 0.05) is 25.0 Å². The Hall–Kier alpha value is -2.11. The molecule has 0 aromatic carbocycles. The first-order valence-corrected chi connectivity index (χ1v) is 7.83. The number of hydrogen-bond acceptors (Lipinski definition) is 4. The number of fused-ring (bicyclic) bond motifs is 1. The summed E-state index contributed by atoms with van der Waals surface area (Å²) in [4.78, 5) is 17.0. The molecule has 1 unspecified atom stereocenters. The summed E-state index contributed by atoms with van der Waals surface area (Å²) in [5, 5.41) is 7.11. The summed E-state index contributed by atoms with van der Waals surface area (Å²) >= 11 is 0. The molecule has 1 aliphatic carbocycles. The molecule has 2 heterocycles. The highest BCUT2D eigenvalue weighted by Crippen LogP contribution is 2.25. The van der Waals surface area contributed by atoms with Gasteiger partial charge in [-0.15, -0.1) is 0 Å². The predicted molar refractivity (Wildman–Crippen MR) is 81.4 cm³/mol. The fourth-order valence-electron chi connectivity index (χ4n) is 2.98. The first-order chi connectivity index (χ1) is 10.6. The van der Waals surface area contributed by atoms with E-state index in [2.05, 4.69) is 29.3 Å². The Kier molecular flexibility index (Phi) is 4.00. The van der Waals surface area contributed by atoms with Crippen LogP contribution < -0.4 is 5.32 Å². The monoisotopic (exact) mass is 302 g/mol. The van der Waals surface area contributed by atoms with Crippen LogP contribution in [0.25, 0.3) is 0 Å². The van der Waals surface area contributed by atoms with Crippen molar-refractivity contribution < 1.29 is 9.32 Å². The molecule has 1 atom stereocenters. The Bertz CT molecular complexity index is 671. The molecule has 0 aliphatic heterocycles. The van der Waals surface area contributed by atoms with Crippen molar-refractivity contribution in [2.45, 2.75) is 45.6 Å². The van der Waals surface area contributed by atoms with Crippen LogP contribution in [-0.2, 0) is 19.9 Å². The SMILES string of the molecule is CC(C)C(NC(=O)c1onc2c1CCCC2)c1nccn1C. The molecule has 2 aromatic heterocycles. The summed E-state index contributed by atoms with van der Waals surface area (Å²) in [5.41, 5.74) is 1.92. The van der Waals surface area contributed by atoms with Crippen LogP contribution in [0.4, 0.5) is 0 Å². The van der Waals surface area contributed by atoms with Crippen molar-refractivity contribution in [1.82, 2.24) is 20.0 Å². The Labute approximate surface area is 129 Å². The smallest absolute Gasteiger partial charge is 0.290 e. The van der Waals surface area contributed by atoms with Crippen molar-refractivity contribution in [2.75, 3.05) is 0 Å². The molecule has 1 aliphatic rings. The maximum absolute atomic E-state index is 12.6. The molecule has 0 radical (unpaired) electrons. The maximum Gasteiger partial charge on any atom is 0.290 e. The summed E-state index contributed by atoms with van der Waals surface area (Å²) in [7, 11) is 1.93. The maximum atomic E-state index is 12.6. The van der Waals surface area contributed by atoms with E-state index in [1.54, 1.807) is 6.20 Å². The molecule has 0 bridgehead atoms. The summed E-state index contributed by atoms with van der Waals surface area (Å²) in [6.07, 6.45) is 7.60. The lowest BCUT2D eigenvalue weighted by Crippen LogP contribution is -2.33. The number of imidazole rings is 1. The minimum Gasteiger partial charge on any atom is -0.350 e. The number of nitrogens with zero attached hydrogens (tertiary/aromatic N) is 3. The largest absolute Gasteiger partial charge is 0.350 e. The Morgan fingerprint density at radius 3 is 2.82 bits per heavy atom. The highest BCUT2D eigenvalue weighted by Gasteiger charge is 2.28. The van der Waals surface area contributed by atoms with Gasteiger partial charge in [0.2, 0.25) is 5.76 Å². The zero-order chi connectivity index (χ0) is 15.7. The van der Waals surface area contributed by atoms with Gasteiger partial charge in [-0.3, -0.25) is 4.79 Å². The lowest BCUT2D eigenvalue weighted by atomic mass is 9.95. The summed E-state index contributed by atoms with van der Waals surface area (Å²) in [5.74, 6) is 1.24. The molecule has 0 saturated carbocycles. The molecule has 1 amide bonds. The third-order valence-electron chi connectivity index (χ3n) is 4.26. The van der Waals surface area contributed by atoms with Gasteiger partial charge >= 0.3 is 0 Å². The van der Waals surface area contributed by atoms with E-state index in [4.69, 9.17) is 4.52 Å². The van der Waals surface area contributed by atoms with Gasteiger partial charge in [0.05, 0.1) is 11.7 Å². The van der Waals surface area contributed by atoms with Gasteiger partial charge in [0.1, 0.15) is 5.82 Å². The first-order valence-electron chi connectivity index (χ1n) is 7.83. The molecule has 2 aromatic rings. The number of amides is 1. The van der Waals surface area contributed by atoms with Crippen LogP contribution in [0.3, 0.4) is 0 Å². The Balaban J connectivity index is 1.83. The van der Waals surface area contributed by atoms with E-state index in [0.29, 0.717) is 5.76 Å². The van der Waals surface area contributed by atoms with Crippen LogP contribution in [0.2, 0.25) is 0 Å². The molecule has 0 saturated heterocycles.